The second-order valence-electron chi connectivity index (χ2n) is 6.29. The topological polar surface area (TPSA) is 72.7 Å². The number of rotatable bonds is 6. The van der Waals surface area contributed by atoms with Crippen LogP contribution in [-0.2, 0) is 24.2 Å². The van der Waals surface area contributed by atoms with E-state index in [0.29, 0.717) is 11.7 Å². The van der Waals surface area contributed by atoms with Crippen LogP contribution in [-0.4, -0.2) is 31.4 Å². The molecule has 0 aromatic carbocycles. The first-order valence-corrected chi connectivity index (χ1v) is 10.4. The van der Waals surface area contributed by atoms with E-state index in [1.807, 2.05) is 0 Å². The van der Waals surface area contributed by atoms with Crippen LogP contribution in [0.4, 0.5) is 5.13 Å². The van der Waals surface area contributed by atoms with Gasteiger partial charge < -0.3 is 9.88 Å². The lowest BCUT2D eigenvalue weighted by Gasteiger charge is -2.06. The van der Waals surface area contributed by atoms with E-state index in [-0.39, 0.29) is 5.91 Å². The van der Waals surface area contributed by atoms with Crippen LogP contribution in [0.15, 0.2) is 5.16 Å². The van der Waals surface area contributed by atoms with E-state index in [1.54, 1.807) is 11.3 Å². The van der Waals surface area contributed by atoms with E-state index >= 15 is 0 Å². The minimum absolute atomic E-state index is 0.0234. The van der Waals surface area contributed by atoms with E-state index in [2.05, 4.69) is 32.0 Å². The number of carbonyl (C=O) groups is 1. The smallest absolute Gasteiger partial charge is 0.236 e. The summed E-state index contributed by atoms with van der Waals surface area (Å²) in [7, 11) is 0. The van der Waals surface area contributed by atoms with Crippen molar-refractivity contribution in [2.45, 2.75) is 63.1 Å². The van der Waals surface area contributed by atoms with Crippen molar-refractivity contribution < 1.29 is 4.79 Å². The fourth-order valence-corrected chi connectivity index (χ4v) is 4.91. The van der Waals surface area contributed by atoms with E-state index < -0.39 is 0 Å². The van der Waals surface area contributed by atoms with Gasteiger partial charge in [-0.1, -0.05) is 11.8 Å². The van der Waals surface area contributed by atoms with Crippen molar-refractivity contribution in [2.24, 2.45) is 0 Å². The summed E-state index contributed by atoms with van der Waals surface area (Å²) >= 11 is 3.08. The number of aryl methyl sites for hydroxylation is 2. The van der Waals surface area contributed by atoms with Crippen LogP contribution in [0.25, 0.3) is 0 Å². The number of anilines is 1. The maximum atomic E-state index is 12.2. The van der Waals surface area contributed by atoms with E-state index in [4.69, 9.17) is 0 Å². The zero-order valence-corrected chi connectivity index (χ0v) is 15.4. The molecule has 8 heteroatoms. The Kier molecular flexibility index (Phi) is 4.58. The molecule has 2 aromatic heterocycles. The standard InChI is InChI=1S/C16H21N5OS2/c1-2-21-14(10-7-8-10)19-20-16(21)23-9-13(22)18-15-17-11-5-3-4-6-12(11)24-15/h10H,2-9H2,1H3,(H,17,18,22). The highest BCUT2D eigenvalue weighted by molar-refractivity contribution is 7.99. The number of thioether (sulfide) groups is 1. The third kappa shape index (κ3) is 3.35. The minimum atomic E-state index is -0.0234. The lowest BCUT2D eigenvalue weighted by atomic mass is 10.0. The predicted molar refractivity (Wildman–Crippen MR) is 95.8 cm³/mol. The average Bonchev–Trinajstić information content (AvgIpc) is 3.21. The van der Waals surface area contributed by atoms with Crippen LogP contribution < -0.4 is 5.32 Å². The molecule has 4 rings (SSSR count). The maximum Gasteiger partial charge on any atom is 0.236 e. The molecule has 0 radical (unpaired) electrons. The molecule has 24 heavy (non-hydrogen) atoms. The zero-order valence-electron chi connectivity index (χ0n) is 13.7. The van der Waals surface area contributed by atoms with Crippen LogP contribution in [0.5, 0.6) is 0 Å². The van der Waals surface area contributed by atoms with Gasteiger partial charge in [-0.25, -0.2) is 4.98 Å². The summed E-state index contributed by atoms with van der Waals surface area (Å²) < 4.78 is 2.14. The summed E-state index contributed by atoms with van der Waals surface area (Å²) in [5, 5.41) is 13.1. The Labute approximate surface area is 149 Å². The highest BCUT2D eigenvalue weighted by Gasteiger charge is 2.30. The van der Waals surface area contributed by atoms with Crippen molar-refractivity contribution >= 4 is 34.1 Å². The minimum Gasteiger partial charge on any atom is -0.306 e. The average molecular weight is 364 g/mol. The summed E-state index contributed by atoms with van der Waals surface area (Å²) in [6.07, 6.45) is 6.99. The van der Waals surface area contributed by atoms with Crippen LogP contribution in [0.2, 0.25) is 0 Å². The molecule has 2 aliphatic rings. The van der Waals surface area contributed by atoms with Crippen molar-refractivity contribution in [1.82, 2.24) is 19.7 Å². The van der Waals surface area contributed by atoms with Crippen LogP contribution >= 0.6 is 23.1 Å². The Bertz CT molecular complexity index is 726. The monoisotopic (exact) mass is 363 g/mol. The number of fused-ring (bicyclic) bond motifs is 1. The predicted octanol–water partition coefficient (Wildman–Crippen LogP) is 3.24. The molecule has 2 aromatic rings. The molecule has 2 aliphatic carbocycles. The number of nitrogens with one attached hydrogen (secondary N) is 1. The van der Waals surface area contributed by atoms with Gasteiger partial charge in [-0.15, -0.1) is 21.5 Å². The summed E-state index contributed by atoms with van der Waals surface area (Å²) in [6.45, 7) is 2.95. The SMILES string of the molecule is CCn1c(SCC(=O)Nc2nc3c(s2)CCCC3)nnc1C1CC1. The third-order valence-corrected chi connectivity index (χ3v) is 6.47. The number of thiazole rings is 1. The van der Waals surface area contributed by atoms with Crippen LogP contribution in [0.1, 0.15) is 54.9 Å². The molecule has 0 aliphatic heterocycles. The van der Waals surface area contributed by atoms with Gasteiger partial charge >= 0.3 is 0 Å². The molecule has 6 nitrogen and oxygen atoms in total. The number of aromatic nitrogens is 4. The number of hydrogen-bond donors (Lipinski definition) is 1. The quantitative estimate of drug-likeness (QED) is 0.798. The number of nitrogens with zero attached hydrogens (tertiary/aromatic N) is 4. The number of carbonyl (C=O) groups excluding carboxylic acids is 1. The molecule has 0 unspecified atom stereocenters. The molecule has 128 valence electrons. The van der Waals surface area contributed by atoms with Gasteiger partial charge in [0.05, 0.1) is 11.4 Å². The molecule has 0 bridgehead atoms. The van der Waals surface area contributed by atoms with Gasteiger partial charge in [0.15, 0.2) is 10.3 Å². The zero-order chi connectivity index (χ0) is 16.5. The fourth-order valence-electron chi connectivity index (χ4n) is 3.04. The van der Waals surface area contributed by atoms with E-state index in [1.165, 1.54) is 48.0 Å². The first-order valence-electron chi connectivity index (χ1n) is 8.59. The first-order chi connectivity index (χ1) is 11.7. The van der Waals surface area contributed by atoms with Gasteiger partial charge in [-0.2, -0.15) is 0 Å². The summed E-state index contributed by atoms with van der Waals surface area (Å²) in [5.41, 5.74) is 1.18. The van der Waals surface area contributed by atoms with Gasteiger partial charge in [0.2, 0.25) is 5.91 Å². The lowest BCUT2D eigenvalue weighted by Crippen LogP contribution is -2.14. The highest BCUT2D eigenvalue weighted by atomic mass is 32.2. The van der Waals surface area contributed by atoms with Crippen molar-refractivity contribution in [3.8, 4) is 0 Å². The van der Waals surface area contributed by atoms with Gasteiger partial charge in [0.1, 0.15) is 5.82 Å². The Morgan fingerprint density at radius 1 is 1.33 bits per heavy atom. The lowest BCUT2D eigenvalue weighted by molar-refractivity contribution is -0.113. The van der Waals surface area contributed by atoms with Gasteiger partial charge in [0, 0.05) is 17.3 Å². The Balaban J connectivity index is 1.36. The van der Waals surface area contributed by atoms with Crippen LogP contribution in [0.3, 0.4) is 0 Å². The number of amides is 1. The molecule has 0 saturated heterocycles. The molecule has 1 N–H and O–H groups in total. The second-order valence-corrected chi connectivity index (χ2v) is 8.32. The maximum absolute atomic E-state index is 12.2. The molecule has 1 amide bonds. The molecule has 1 fully saturated rings. The van der Waals surface area contributed by atoms with Crippen molar-refractivity contribution in [3.63, 3.8) is 0 Å². The fraction of sp³-hybridized carbons (Fsp3) is 0.625. The molecule has 2 heterocycles. The molecular weight excluding hydrogens is 342 g/mol. The Morgan fingerprint density at radius 2 is 2.17 bits per heavy atom. The van der Waals surface area contributed by atoms with Gasteiger partial charge in [-0.05, 0) is 45.4 Å². The highest BCUT2D eigenvalue weighted by Crippen LogP contribution is 2.40. The number of hydrogen-bond acceptors (Lipinski definition) is 6. The third-order valence-electron chi connectivity index (χ3n) is 4.43. The van der Waals surface area contributed by atoms with Crippen molar-refractivity contribution in [2.75, 3.05) is 11.1 Å². The Hall–Kier alpha value is -1.41. The van der Waals surface area contributed by atoms with E-state index in [9.17, 15) is 4.79 Å². The molecule has 0 spiro atoms. The summed E-state index contributed by atoms with van der Waals surface area (Å²) in [5.74, 6) is 1.97. The van der Waals surface area contributed by atoms with Gasteiger partial charge in [0.25, 0.3) is 0 Å². The largest absolute Gasteiger partial charge is 0.306 e. The van der Waals surface area contributed by atoms with Gasteiger partial charge in [-0.3, -0.25) is 4.79 Å². The van der Waals surface area contributed by atoms with Crippen molar-refractivity contribution in [3.05, 3.63) is 16.4 Å². The summed E-state index contributed by atoms with van der Waals surface area (Å²) in [6, 6.07) is 0. The molecule has 0 atom stereocenters. The summed E-state index contributed by atoms with van der Waals surface area (Å²) in [4.78, 5) is 18.1. The van der Waals surface area contributed by atoms with E-state index in [0.717, 1.165) is 35.5 Å². The molecule has 1 saturated carbocycles. The Morgan fingerprint density at radius 3 is 2.92 bits per heavy atom. The van der Waals surface area contributed by atoms with Crippen LogP contribution in [0, 0.1) is 0 Å². The van der Waals surface area contributed by atoms with Crippen molar-refractivity contribution in [1.29, 1.82) is 0 Å². The first kappa shape index (κ1) is 16.1. The normalized spacial score (nSPS) is 16.9. The second kappa shape index (κ2) is 6.84. The molecular formula is C16H21N5OS2.